The Kier molecular flexibility index (Phi) is 5.56. The molecule has 20 heavy (non-hydrogen) atoms. The van der Waals surface area contributed by atoms with Crippen molar-refractivity contribution in [2.75, 3.05) is 6.61 Å². The number of hydrogen-bond acceptors (Lipinski definition) is 2. The summed E-state index contributed by atoms with van der Waals surface area (Å²) in [5.41, 5.74) is 2.07. The first-order chi connectivity index (χ1) is 9.75. The zero-order valence-corrected chi connectivity index (χ0v) is 12.5. The van der Waals surface area contributed by atoms with E-state index in [1.807, 2.05) is 60.7 Å². The molecule has 3 heteroatoms. The number of carbonyl (C=O) groups is 1. The molecule has 0 radical (unpaired) electrons. The van der Waals surface area contributed by atoms with Gasteiger partial charge in [0.25, 0.3) is 0 Å². The monoisotopic (exact) mass is 330 g/mol. The van der Waals surface area contributed by atoms with Crippen molar-refractivity contribution in [3.63, 3.8) is 0 Å². The lowest BCUT2D eigenvalue weighted by atomic mass is 10.2. The predicted octanol–water partition coefficient (Wildman–Crippen LogP) is 4.38. The zero-order valence-electron chi connectivity index (χ0n) is 10.9. The lowest BCUT2D eigenvalue weighted by Gasteiger charge is -2.09. The maximum Gasteiger partial charge on any atom is 0.330 e. The number of rotatable bonds is 5. The Bertz CT molecular complexity index is 564. The smallest absolute Gasteiger partial charge is 0.330 e. The van der Waals surface area contributed by atoms with Crippen LogP contribution in [0.15, 0.2) is 66.7 Å². The Morgan fingerprint density at radius 2 is 1.65 bits per heavy atom. The first kappa shape index (κ1) is 14.5. The molecule has 0 bridgehead atoms. The Hall–Kier alpha value is -1.87. The zero-order chi connectivity index (χ0) is 14.2. The molecule has 1 unspecified atom stereocenters. The first-order valence-corrected chi connectivity index (χ1v) is 7.26. The Morgan fingerprint density at radius 3 is 2.30 bits per heavy atom. The van der Waals surface area contributed by atoms with Gasteiger partial charge in [0.2, 0.25) is 0 Å². The Balaban J connectivity index is 1.82. The molecular formula is C17H15BrO2. The summed E-state index contributed by atoms with van der Waals surface area (Å²) in [6, 6.07) is 19.5. The molecule has 0 aliphatic rings. The number of ether oxygens (including phenoxy) is 1. The van der Waals surface area contributed by atoms with Crippen molar-refractivity contribution >= 4 is 28.0 Å². The van der Waals surface area contributed by atoms with Crippen LogP contribution in [0.2, 0.25) is 0 Å². The van der Waals surface area contributed by atoms with Crippen LogP contribution in [0.1, 0.15) is 16.0 Å². The highest BCUT2D eigenvalue weighted by Crippen LogP contribution is 2.22. The fourth-order valence-electron chi connectivity index (χ4n) is 1.69. The third-order valence-corrected chi connectivity index (χ3v) is 3.54. The van der Waals surface area contributed by atoms with Crippen LogP contribution in [-0.4, -0.2) is 12.6 Å². The average Bonchev–Trinajstić information content (AvgIpc) is 2.52. The summed E-state index contributed by atoms with van der Waals surface area (Å²) in [5.74, 6) is -0.339. The van der Waals surface area contributed by atoms with E-state index in [1.165, 1.54) is 6.08 Å². The number of halogens is 1. The quantitative estimate of drug-likeness (QED) is 0.462. The molecule has 0 saturated carbocycles. The predicted molar refractivity (Wildman–Crippen MR) is 84.5 cm³/mol. The summed E-state index contributed by atoms with van der Waals surface area (Å²) in [6.45, 7) is 0.308. The minimum absolute atomic E-state index is 0.0118. The van der Waals surface area contributed by atoms with Gasteiger partial charge in [0, 0.05) is 6.08 Å². The van der Waals surface area contributed by atoms with Gasteiger partial charge in [0.05, 0.1) is 4.83 Å². The molecule has 2 aromatic carbocycles. The number of carbonyl (C=O) groups excluding carboxylic acids is 1. The van der Waals surface area contributed by atoms with Crippen molar-refractivity contribution in [3.8, 4) is 0 Å². The van der Waals surface area contributed by atoms with Crippen molar-refractivity contribution in [1.29, 1.82) is 0 Å². The van der Waals surface area contributed by atoms with Crippen LogP contribution >= 0.6 is 15.9 Å². The van der Waals surface area contributed by atoms with Crippen molar-refractivity contribution in [2.45, 2.75) is 4.83 Å². The molecule has 0 heterocycles. The highest BCUT2D eigenvalue weighted by atomic mass is 79.9. The van der Waals surface area contributed by atoms with Crippen LogP contribution in [-0.2, 0) is 9.53 Å². The molecule has 1 atom stereocenters. The van der Waals surface area contributed by atoms with Crippen molar-refractivity contribution in [1.82, 2.24) is 0 Å². The number of esters is 1. The van der Waals surface area contributed by atoms with E-state index in [2.05, 4.69) is 15.9 Å². The van der Waals surface area contributed by atoms with Gasteiger partial charge in [-0.15, -0.1) is 0 Å². The van der Waals surface area contributed by atoms with Gasteiger partial charge in [-0.25, -0.2) is 4.79 Å². The molecule has 0 aromatic heterocycles. The Labute approximate surface area is 127 Å². The van der Waals surface area contributed by atoms with Gasteiger partial charge in [-0.3, -0.25) is 0 Å². The lowest BCUT2D eigenvalue weighted by molar-refractivity contribution is -0.137. The van der Waals surface area contributed by atoms with Gasteiger partial charge < -0.3 is 4.74 Å². The largest absolute Gasteiger partial charge is 0.461 e. The summed E-state index contributed by atoms with van der Waals surface area (Å²) >= 11 is 3.51. The molecule has 2 rings (SSSR count). The lowest BCUT2D eigenvalue weighted by Crippen LogP contribution is -2.06. The van der Waals surface area contributed by atoms with Gasteiger partial charge in [-0.1, -0.05) is 76.6 Å². The van der Waals surface area contributed by atoms with E-state index in [9.17, 15) is 4.79 Å². The fraction of sp³-hybridized carbons (Fsp3) is 0.118. The third kappa shape index (κ3) is 4.67. The van der Waals surface area contributed by atoms with Gasteiger partial charge in [-0.05, 0) is 17.2 Å². The van der Waals surface area contributed by atoms with Gasteiger partial charge in [-0.2, -0.15) is 0 Å². The SMILES string of the molecule is O=C(C=Cc1ccccc1)OCC(Br)c1ccccc1. The standard InChI is InChI=1S/C17H15BrO2/c18-16(15-9-5-2-6-10-15)13-20-17(19)12-11-14-7-3-1-4-8-14/h1-12,16H,13H2. The van der Waals surface area contributed by atoms with E-state index in [1.54, 1.807) is 6.08 Å². The average molecular weight is 331 g/mol. The minimum Gasteiger partial charge on any atom is -0.461 e. The Morgan fingerprint density at radius 1 is 1.05 bits per heavy atom. The first-order valence-electron chi connectivity index (χ1n) is 6.34. The van der Waals surface area contributed by atoms with Crippen LogP contribution < -0.4 is 0 Å². The van der Waals surface area contributed by atoms with Gasteiger partial charge in [0.15, 0.2) is 0 Å². The highest BCUT2D eigenvalue weighted by molar-refractivity contribution is 9.09. The van der Waals surface area contributed by atoms with Crippen molar-refractivity contribution in [2.24, 2.45) is 0 Å². The molecule has 0 spiro atoms. The second-order valence-corrected chi connectivity index (χ2v) is 5.36. The number of hydrogen-bond donors (Lipinski definition) is 0. The van der Waals surface area contributed by atoms with E-state index in [0.29, 0.717) is 6.61 Å². The van der Waals surface area contributed by atoms with E-state index in [4.69, 9.17) is 4.74 Å². The summed E-state index contributed by atoms with van der Waals surface area (Å²) < 4.78 is 5.21. The summed E-state index contributed by atoms with van der Waals surface area (Å²) in [6.07, 6.45) is 3.19. The third-order valence-electron chi connectivity index (χ3n) is 2.74. The summed E-state index contributed by atoms with van der Waals surface area (Å²) in [4.78, 5) is 11.6. The van der Waals surface area contributed by atoms with E-state index < -0.39 is 0 Å². The van der Waals surface area contributed by atoms with Crippen molar-refractivity contribution in [3.05, 3.63) is 77.9 Å². The second-order valence-electron chi connectivity index (χ2n) is 4.25. The van der Waals surface area contributed by atoms with Gasteiger partial charge in [0.1, 0.15) is 6.61 Å². The molecule has 0 saturated heterocycles. The molecule has 0 fully saturated rings. The summed E-state index contributed by atoms with van der Waals surface area (Å²) in [7, 11) is 0. The maximum atomic E-state index is 11.6. The van der Waals surface area contributed by atoms with Crippen LogP contribution in [0.25, 0.3) is 6.08 Å². The maximum absolute atomic E-state index is 11.6. The highest BCUT2D eigenvalue weighted by Gasteiger charge is 2.08. The fourth-order valence-corrected chi connectivity index (χ4v) is 2.13. The van der Waals surface area contributed by atoms with E-state index >= 15 is 0 Å². The molecule has 102 valence electrons. The molecule has 2 aromatic rings. The molecule has 0 amide bonds. The van der Waals surface area contributed by atoms with Crippen molar-refractivity contribution < 1.29 is 9.53 Å². The second kappa shape index (κ2) is 7.65. The van der Waals surface area contributed by atoms with Crippen LogP contribution in [0.5, 0.6) is 0 Å². The number of alkyl halides is 1. The molecular weight excluding hydrogens is 316 g/mol. The van der Waals surface area contributed by atoms with Crippen LogP contribution in [0.4, 0.5) is 0 Å². The van der Waals surface area contributed by atoms with Gasteiger partial charge >= 0.3 is 5.97 Å². The molecule has 2 nitrogen and oxygen atoms in total. The minimum atomic E-state index is -0.339. The normalized spacial score (nSPS) is 12.2. The van der Waals surface area contributed by atoms with Crippen LogP contribution in [0, 0.1) is 0 Å². The molecule has 0 aliphatic carbocycles. The molecule has 0 aliphatic heterocycles. The topological polar surface area (TPSA) is 26.3 Å². The summed E-state index contributed by atoms with van der Waals surface area (Å²) in [5, 5.41) is 0. The van der Waals surface area contributed by atoms with E-state index in [0.717, 1.165) is 11.1 Å². The van der Waals surface area contributed by atoms with Crippen LogP contribution in [0.3, 0.4) is 0 Å². The van der Waals surface area contributed by atoms with E-state index in [-0.39, 0.29) is 10.8 Å². The number of benzene rings is 2. The molecule has 0 N–H and O–H groups in total.